The molecule has 3 aromatic heterocycles. The number of anilines is 3. The van der Waals surface area contributed by atoms with E-state index in [4.69, 9.17) is 13.9 Å². The Kier molecular flexibility index (Phi) is 4.76. The molecule has 3 heterocycles. The Bertz CT molecular complexity index is 1090. The lowest BCUT2D eigenvalue weighted by Gasteiger charge is -2.11. The summed E-state index contributed by atoms with van der Waals surface area (Å²) in [7, 11) is 5.06. The van der Waals surface area contributed by atoms with Gasteiger partial charge < -0.3 is 29.1 Å². The summed E-state index contributed by atoms with van der Waals surface area (Å²) in [5, 5.41) is 6.43. The quantitative estimate of drug-likeness (QED) is 0.504. The minimum atomic E-state index is 0.569. The third-order valence-corrected chi connectivity index (χ3v) is 4.41. The van der Waals surface area contributed by atoms with Crippen LogP contribution in [-0.2, 0) is 6.54 Å². The van der Waals surface area contributed by atoms with Crippen molar-refractivity contribution in [2.45, 2.75) is 6.54 Å². The summed E-state index contributed by atoms with van der Waals surface area (Å²) >= 11 is 0. The van der Waals surface area contributed by atoms with Crippen LogP contribution in [0.3, 0.4) is 0 Å². The van der Waals surface area contributed by atoms with Crippen LogP contribution in [0.15, 0.2) is 53.3 Å². The summed E-state index contributed by atoms with van der Waals surface area (Å²) < 4.78 is 18.2. The van der Waals surface area contributed by atoms with Crippen LogP contribution in [0.5, 0.6) is 11.5 Å². The number of imidazole rings is 1. The number of hydrogen-bond acceptors (Lipinski definition) is 7. The Morgan fingerprint density at radius 3 is 2.68 bits per heavy atom. The van der Waals surface area contributed by atoms with Crippen LogP contribution in [0.4, 0.5) is 17.5 Å². The molecule has 0 unspecified atom stereocenters. The van der Waals surface area contributed by atoms with E-state index in [9.17, 15) is 0 Å². The van der Waals surface area contributed by atoms with Crippen LogP contribution in [0.1, 0.15) is 5.76 Å². The molecule has 4 rings (SSSR count). The SMILES string of the molecule is CNc1nc2cnc(Nc3ccc(OC)c(OC)c3)cc2n1Cc1ccco1. The topological polar surface area (TPSA) is 86.4 Å². The van der Waals surface area contributed by atoms with E-state index < -0.39 is 0 Å². The molecule has 144 valence electrons. The van der Waals surface area contributed by atoms with Gasteiger partial charge in [0.05, 0.1) is 38.7 Å². The highest BCUT2D eigenvalue weighted by Gasteiger charge is 2.13. The van der Waals surface area contributed by atoms with E-state index in [-0.39, 0.29) is 0 Å². The molecule has 0 atom stereocenters. The number of ether oxygens (including phenoxy) is 2. The molecule has 0 saturated carbocycles. The van der Waals surface area contributed by atoms with Crippen molar-refractivity contribution < 1.29 is 13.9 Å². The van der Waals surface area contributed by atoms with E-state index in [1.807, 2.05) is 43.4 Å². The highest BCUT2D eigenvalue weighted by Crippen LogP contribution is 2.31. The summed E-state index contributed by atoms with van der Waals surface area (Å²) in [6, 6.07) is 11.4. The predicted molar refractivity (Wildman–Crippen MR) is 108 cm³/mol. The van der Waals surface area contributed by atoms with Crippen molar-refractivity contribution >= 4 is 28.5 Å². The number of methoxy groups -OCH3 is 2. The number of nitrogens with zero attached hydrogens (tertiary/aromatic N) is 3. The average molecular weight is 379 g/mol. The zero-order valence-electron chi connectivity index (χ0n) is 15.9. The average Bonchev–Trinajstić information content (AvgIpc) is 3.36. The van der Waals surface area contributed by atoms with Crippen LogP contribution < -0.4 is 20.1 Å². The fourth-order valence-electron chi connectivity index (χ4n) is 3.07. The van der Waals surface area contributed by atoms with E-state index in [0.717, 1.165) is 28.4 Å². The maximum absolute atomic E-state index is 5.50. The second-order valence-electron chi connectivity index (χ2n) is 6.10. The lowest BCUT2D eigenvalue weighted by atomic mass is 10.2. The predicted octanol–water partition coefficient (Wildman–Crippen LogP) is 3.88. The van der Waals surface area contributed by atoms with Crippen molar-refractivity contribution in [1.82, 2.24) is 14.5 Å². The largest absolute Gasteiger partial charge is 0.493 e. The smallest absolute Gasteiger partial charge is 0.204 e. The fourth-order valence-corrected chi connectivity index (χ4v) is 3.07. The minimum Gasteiger partial charge on any atom is -0.493 e. The highest BCUT2D eigenvalue weighted by atomic mass is 16.5. The van der Waals surface area contributed by atoms with Gasteiger partial charge in [-0.3, -0.25) is 0 Å². The third kappa shape index (κ3) is 3.32. The zero-order valence-corrected chi connectivity index (χ0v) is 15.9. The van der Waals surface area contributed by atoms with E-state index in [2.05, 4.69) is 25.2 Å². The van der Waals surface area contributed by atoms with Crippen molar-refractivity contribution in [1.29, 1.82) is 0 Å². The summed E-state index contributed by atoms with van der Waals surface area (Å²) in [5.74, 6) is 3.61. The summed E-state index contributed by atoms with van der Waals surface area (Å²) in [5.41, 5.74) is 2.59. The van der Waals surface area contributed by atoms with Gasteiger partial charge in [-0.05, 0) is 24.3 Å². The van der Waals surface area contributed by atoms with Crippen molar-refractivity contribution in [3.8, 4) is 11.5 Å². The van der Waals surface area contributed by atoms with E-state index in [1.165, 1.54) is 0 Å². The first-order chi connectivity index (χ1) is 13.7. The summed E-state index contributed by atoms with van der Waals surface area (Å²) in [6.07, 6.45) is 3.41. The summed E-state index contributed by atoms with van der Waals surface area (Å²) in [4.78, 5) is 9.07. The van der Waals surface area contributed by atoms with E-state index in [1.54, 1.807) is 26.7 Å². The van der Waals surface area contributed by atoms with Crippen LogP contribution in [-0.4, -0.2) is 35.8 Å². The molecule has 4 aromatic rings. The standard InChI is InChI=1S/C20H21N5O3/c1-21-20-24-15-11-22-19(10-16(15)25(20)12-14-5-4-8-28-14)23-13-6-7-17(26-2)18(9-13)27-3/h4-11H,12H2,1-3H3,(H,21,24)(H,22,23). The molecular weight excluding hydrogens is 358 g/mol. The highest BCUT2D eigenvalue weighted by molar-refractivity contribution is 5.81. The van der Waals surface area contributed by atoms with Gasteiger partial charge in [0.1, 0.15) is 17.1 Å². The first-order valence-corrected chi connectivity index (χ1v) is 8.77. The van der Waals surface area contributed by atoms with E-state index >= 15 is 0 Å². The minimum absolute atomic E-state index is 0.569. The molecule has 28 heavy (non-hydrogen) atoms. The molecule has 0 spiro atoms. The molecule has 0 aliphatic rings. The molecule has 0 aliphatic heterocycles. The number of pyridine rings is 1. The number of rotatable bonds is 7. The molecule has 8 heteroatoms. The van der Waals surface area contributed by atoms with Crippen LogP contribution >= 0.6 is 0 Å². The maximum atomic E-state index is 5.50. The normalized spacial score (nSPS) is 10.8. The van der Waals surface area contributed by atoms with Gasteiger partial charge in [0, 0.05) is 24.9 Å². The molecule has 1 aromatic carbocycles. The Hall–Kier alpha value is -3.68. The molecule has 0 bridgehead atoms. The summed E-state index contributed by atoms with van der Waals surface area (Å²) in [6.45, 7) is 0.569. The van der Waals surface area contributed by atoms with Crippen molar-refractivity contribution in [3.05, 3.63) is 54.6 Å². The lowest BCUT2D eigenvalue weighted by Crippen LogP contribution is -2.04. The number of aromatic nitrogens is 3. The molecule has 8 nitrogen and oxygen atoms in total. The van der Waals surface area contributed by atoms with Gasteiger partial charge in [0.25, 0.3) is 0 Å². The Labute approximate surface area is 162 Å². The van der Waals surface area contributed by atoms with Crippen LogP contribution in [0.2, 0.25) is 0 Å². The van der Waals surface area contributed by atoms with Gasteiger partial charge in [-0.15, -0.1) is 0 Å². The Balaban J connectivity index is 1.69. The first kappa shape index (κ1) is 17.7. The van der Waals surface area contributed by atoms with Crippen molar-refractivity contribution in [3.63, 3.8) is 0 Å². The number of benzene rings is 1. The molecule has 2 N–H and O–H groups in total. The van der Waals surface area contributed by atoms with E-state index in [0.29, 0.717) is 23.9 Å². The molecular formula is C20H21N5O3. The number of hydrogen-bond donors (Lipinski definition) is 2. The van der Waals surface area contributed by atoms with Gasteiger partial charge in [-0.2, -0.15) is 0 Å². The van der Waals surface area contributed by atoms with Crippen LogP contribution in [0.25, 0.3) is 11.0 Å². The zero-order chi connectivity index (χ0) is 19.5. The first-order valence-electron chi connectivity index (χ1n) is 8.77. The Morgan fingerprint density at radius 1 is 1.11 bits per heavy atom. The third-order valence-electron chi connectivity index (χ3n) is 4.41. The molecule has 0 aliphatic carbocycles. The molecule has 0 fully saturated rings. The molecule has 0 radical (unpaired) electrons. The Morgan fingerprint density at radius 2 is 1.96 bits per heavy atom. The molecule has 0 saturated heterocycles. The second kappa shape index (κ2) is 7.51. The van der Waals surface area contributed by atoms with Gasteiger partial charge in [0.2, 0.25) is 5.95 Å². The number of furan rings is 1. The van der Waals surface area contributed by atoms with Gasteiger partial charge in [-0.25, -0.2) is 9.97 Å². The maximum Gasteiger partial charge on any atom is 0.204 e. The van der Waals surface area contributed by atoms with Gasteiger partial charge in [-0.1, -0.05) is 0 Å². The fraction of sp³-hybridized carbons (Fsp3) is 0.200. The lowest BCUT2D eigenvalue weighted by molar-refractivity contribution is 0.355. The number of fused-ring (bicyclic) bond motifs is 1. The van der Waals surface area contributed by atoms with Crippen LogP contribution in [0, 0.1) is 0 Å². The number of nitrogens with one attached hydrogen (secondary N) is 2. The van der Waals surface area contributed by atoms with Gasteiger partial charge in [0.15, 0.2) is 11.5 Å². The monoisotopic (exact) mass is 379 g/mol. The van der Waals surface area contributed by atoms with Crippen molar-refractivity contribution in [2.75, 3.05) is 31.9 Å². The second-order valence-corrected chi connectivity index (χ2v) is 6.10. The van der Waals surface area contributed by atoms with Crippen molar-refractivity contribution in [2.24, 2.45) is 0 Å². The molecule has 0 amide bonds. The van der Waals surface area contributed by atoms with Gasteiger partial charge >= 0.3 is 0 Å².